The number of hydrogen-bond acceptors (Lipinski definition) is 3. The molecule has 0 bridgehead atoms. The third-order valence-corrected chi connectivity index (χ3v) is 3.15. The molecule has 4 heteroatoms. The van der Waals surface area contributed by atoms with Gasteiger partial charge in [-0.05, 0) is 24.3 Å². The van der Waals surface area contributed by atoms with Crippen LogP contribution in [0.15, 0.2) is 54.6 Å². The van der Waals surface area contributed by atoms with Gasteiger partial charge in [0.25, 0.3) is 5.91 Å². The van der Waals surface area contributed by atoms with Crippen LogP contribution in [0.1, 0.15) is 20.7 Å². The van der Waals surface area contributed by atoms with Crippen LogP contribution >= 0.6 is 0 Å². The second-order valence-electron chi connectivity index (χ2n) is 4.91. The highest BCUT2D eigenvalue weighted by Crippen LogP contribution is 2.12. The summed E-state index contributed by atoms with van der Waals surface area (Å²) in [4.78, 5) is 25.8. The number of benzene rings is 2. The average Bonchev–Trinajstić information content (AvgIpc) is 2.53. The van der Waals surface area contributed by atoms with Crippen LogP contribution in [0.4, 0.5) is 5.69 Å². The zero-order chi connectivity index (χ0) is 15.2. The Kier molecular flexibility index (Phi) is 4.72. The minimum atomic E-state index is -0.246. The summed E-state index contributed by atoms with van der Waals surface area (Å²) in [5, 5.41) is 2.64. The quantitative estimate of drug-likeness (QED) is 0.857. The van der Waals surface area contributed by atoms with Gasteiger partial charge in [0, 0.05) is 30.9 Å². The van der Waals surface area contributed by atoms with Crippen LogP contribution in [-0.2, 0) is 0 Å². The Morgan fingerprint density at radius 2 is 1.52 bits per heavy atom. The first-order valence-corrected chi connectivity index (χ1v) is 6.72. The average molecular weight is 282 g/mol. The molecule has 0 atom stereocenters. The van der Waals surface area contributed by atoms with E-state index in [1.807, 2.05) is 37.2 Å². The molecule has 0 aromatic heterocycles. The predicted octanol–water partition coefficient (Wildman–Crippen LogP) is 2.37. The van der Waals surface area contributed by atoms with Crippen molar-refractivity contribution in [2.24, 2.45) is 0 Å². The Balaban J connectivity index is 1.94. The van der Waals surface area contributed by atoms with Crippen LogP contribution in [0.2, 0.25) is 0 Å². The van der Waals surface area contributed by atoms with Gasteiger partial charge < -0.3 is 10.2 Å². The normalized spacial score (nSPS) is 10.0. The standard InChI is InChI=1S/C17H18N2O2/c1-19(2)15-10-8-14(9-11-15)17(21)18-12-16(20)13-6-4-3-5-7-13/h3-11H,12H2,1-2H3,(H,18,21). The molecule has 4 nitrogen and oxygen atoms in total. The van der Waals surface area contributed by atoms with Crippen molar-refractivity contribution >= 4 is 17.4 Å². The molecular weight excluding hydrogens is 264 g/mol. The highest BCUT2D eigenvalue weighted by molar-refractivity contribution is 6.02. The minimum Gasteiger partial charge on any atom is -0.378 e. The topological polar surface area (TPSA) is 49.4 Å². The molecule has 1 amide bonds. The number of hydrogen-bond donors (Lipinski definition) is 1. The Bertz CT molecular complexity index is 619. The van der Waals surface area contributed by atoms with Gasteiger partial charge in [0.05, 0.1) is 6.54 Å². The molecule has 0 radical (unpaired) electrons. The molecule has 2 aromatic carbocycles. The molecule has 0 heterocycles. The van der Waals surface area contributed by atoms with Crippen LogP contribution in [-0.4, -0.2) is 32.3 Å². The number of amides is 1. The summed E-state index contributed by atoms with van der Waals surface area (Å²) in [6.07, 6.45) is 0. The summed E-state index contributed by atoms with van der Waals surface area (Å²) in [5.41, 5.74) is 2.16. The fraction of sp³-hybridized carbons (Fsp3) is 0.176. The molecule has 1 N–H and O–H groups in total. The van der Waals surface area contributed by atoms with Crippen molar-refractivity contribution in [1.29, 1.82) is 0 Å². The van der Waals surface area contributed by atoms with E-state index in [2.05, 4.69) is 5.32 Å². The van der Waals surface area contributed by atoms with Crippen LogP contribution in [0.3, 0.4) is 0 Å². The van der Waals surface area contributed by atoms with Crippen LogP contribution < -0.4 is 10.2 Å². The van der Waals surface area contributed by atoms with Gasteiger partial charge in [0.2, 0.25) is 0 Å². The fourth-order valence-corrected chi connectivity index (χ4v) is 1.90. The van der Waals surface area contributed by atoms with Crippen LogP contribution in [0, 0.1) is 0 Å². The van der Waals surface area contributed by atoms with Gasteiger partial charge in [0.15, 0.2) is 5.78 Å². The van der Waals surface area contributed by atoms with Crippen molar-refractivity contribution < 1.29 is 9.59 Å². The van der Waals surface area contributed by atoms with E-state index < -0.39 is 0 Å². The molecular formula is C17H18N2O2. The molecule has 108 valence electrons. The second kappa shape index (κ2) is 6.70. The smallest absolute Gasteiger partial charge is 0.251 e. The van der Waals surface area contributed by atoms with E-state index in [1.165, 1.54) is 0 Å². The summed E-state index contributed by atoms with van der Waals surface area (Å²) in [6, 6.07) is 16.2. The molecule has 0 spiro atoms. The van der Waals surface area contributed by atoms with Gasteiger partial charge in [-0.15, -0.1) is 0 Å². The molecule has 2 aromatic rings. The van der Waals surface area contributed by atoms with Crippen molar-refractivity contribution in [3.05, 3.63) is 65.7 Å². The fourth-order valence-electron chi connectivity index (χ4n) is 1.90. The molecule has 0 saturated carbocycles. The van der Waals surface area contributed by atoms with E-state index in [9.17, 15) is 9.59 Å². The second-order valence-corrected chi connectivity index (χ2v) is 4.91. The maximum atomic E-state index is 12.0. The minimum absolute atomic E-state index is 0.00171. The van der Waals surface area contributed by atoms with Crippen molar-refractivity contribution in [3.8, 4) is 0 Å². The van der Waals surface area contributed by atoms with Gasteiger partial charge in [-0.1, -0.05) is 30.3 Å². The number of carbonyl (C=O) groups is 2. The summed E-state index contributed by atoms with van der Waals surface area (Å²) in [6.45, 7) is -0.00171. The molecule has 0 fully saturated rings. The van der Waals surface area contributed by atoms with Gasteiger partial charge >= 0.3 is 0 Å². The van der Waals surface area contributed by atoms with Crippen LogP contribution in [0.25, 0.3) is 0 Å². The Hall–Kier alpha value is -2.62. The summed E-state index contributed by atoms with van der Waals surface area (Å²) < 4.78 is 0. The van der Waals surface area contributed by atoms with E-state index in [0.717, 1.165) is 5.69 Å². The molecule has 0 aliphatic heterocycles. The first kappa shape index (κ1) is 14.8. The third kappa shape index (κ3) is 3.92. The first-order chi connectivity index (χ1) is 10.1. The molecule has 0 saturated heterocycles. The first-order valence-electron chi connectivity index (χ1n) is 6.72. The van der Waals surface area contributed by atoms with E-state index in [1.54, 1.807) is 36.4 Å². The number of Topliss-reactive ketones (excluding diaryl/α,β-unsaturated/α-hetero) is 1. The maximum Gasteiger partial charge on any atom is 0.251 e. The van der Waals surface area contributed by atoms with Crippen molar-refractivity contribution in [2.45, 2.75) is 0 Å². The van der Waals surface area contributed by atoms with Gasteiger partial charge in [-0.2, -0.15) is 0 Å². The lowest BCUT2D eigenvalue weighted by atomic mass is 10.1. The third-order valence-electron chi connectivity index (χ3n) is 3.15. The number of anilines is 1. The monoisotopic (exact) mass is 282 g/mol. The van der Waals surface area contributed by atoms with Crippen LogP contribution in [0.5, 0.6) is 0 Å². The van der Waals surface area contributed by atoms with Crippen molar-refractivity contribution in [2.75, 3.05) is 25.5 Å². The highest BCUT2D eigenvalue weighted by atomic mass is 16.2. The molecule has 21 heavy (non-hydrogen) atoms. The molecule has 0 aliphatic rings. The SMILES string of the molecule is CN(C)c1ccc(C(=O)NCC(=O)c2ccccc2)cc1. The zero-order valence-corrected chi connectivity index (χ0v) is 12.2. The van der Waals surface area contributed by atoms with Gasteiger partial charge in [0.1, 0.15) is 0 Å². The molecule has 0 aliphatic carbocycles. The number of ketones is 1. The molecule has 2 rings (SSSR count). The summed E-state index contributed by atoms with van der Waals surface area (Å²) in [7, 11) is 3.88. The number of nitrogens with zero attached hydrogens (tertiary/aromatic N) is 1. The lowest BCUT2D eigenvalue weighted by Gasteiger charge is -2.12. The number of carbonyl (C=O) groups excluding carboxylic acids is 2. The number of rotatable bonds is 5. The lowest BCUT2D eigenvalue weighted by Crippen LogP contribution is -2.29. The summed E-state index contributed by atoms with van der Waals surface area (Å²) in [5.74, 6) is -0.349. The number of nitrogens with one attached hydrogen (secondary N) is 1. The van der Waals surface area contributed by atoms with E-state index in [4.69, 9.17) is 0 Å². The Morgan fingerprint density at radius 3 is 2.10 bits per heavy atom. The largest absolute Gasteiger partial charge is 0.378 e. The van der Waals surface area contributed by atoms with E-state index in [0.29, 0.717) is 11.1 Å². The Morgan fingerprint density at radius 1 is 0.905 bits per heavy atom. The Labute approximate surface area is 124 Å². The molecule has 0 unspecified atom stereocenters. The maximum absolute atomic E-state index is 12.0. The van der Waals surface area contributed by atoms with E-state index >= 15 is 0 Å². The lowest BCUT2D eigenvalue weighted by molar-refractivity contribution is 0.0904. The van der Waals surface area contributed by atoms with Crippen molar-refractivity contribution in [3.63, 3.8) is 0 Å². The van der Waals surface area contributed by atoms with Crippen molar-refractivity contribution in [1.82, 2.24) is 5.32 Å². The van der Waals surface area contributed by atoms with E-state index in [-0.39, 0.29) is 18.2 Å². The highest BCUT2D eigenvalue weighted by Gasteiger charge is 2.09. The van der Waals surface area contributed by atoms with Gasteiger partial charge in [-0.25, -0.2) is 0 Å². The van der Waals surface area contributed by atoms with Gasteiger partial charge in [-0.3, -0.25) is 9.59 Å². The predicted molar refractivity (Wildman–Crippen MR) is 83.9 cm³/mol. The zero-order valence-electron chi connectivity index (χ0n) is 12.2. The summed E-state index contributed by atoms with van der Waals surface area (Å²) >= 11 is 0.